The number of hydrogen-bond acceptors (Lipinski definition) is 3. The maximum atomic E-state index is 4.92. The molecule has 1 heterocycles. The quantitative estimate of drug-likeness (QED) is 0.772. The molecule has 14 heavy (non-hydrogen) atoms. The van der Waals surface area contributed by atoms with Crippen LogP contribution < -0.4 is 0 Å². The molecule has 0 saturated heterocycles. The Balaban J connectivity index is 2.41. The highest BCUT2D eigenvalue weighted by Gasteiger charge is 2.05. The highest BCUT2D eigenvalue weighted by molar-refractivity contribution is 9.08. The van der Waals surface area contributed by atoms with E-state index in [1.807, 2.05) is 24.3 Å². The lowest BCUT2D eigenvalue weighted by atomic mass is 10.1. The summed E-state index contributed by atoms with van der Waals surface area (Å²) in [5.74, 6) is 1.23. The van der Waals surface area contributed by atoms with Crippen LogP contribution in [0.5, 0.6) is 0 Å². The maximum Gasteiger partial charge on any atom is 0.223 e. The molecule has 0 fully saturated rings. The van der Waals surface area contributed by atoms with Gasteiger partial charge in [-0.25, -0.2) is 0 Å². The zero-order valence-corrected chi connectivity index (χ0v) is 9.28. The number of hydrogen-bond donors (Lipinski definition) is 0. The third-order valence-corrected chi connectivity index (χ3v) is 2.51. The number of rotatable bonds is 2. The van der Waals surface area contributed by atoms with E-state index in [0.29, 0.717) is 11.7 Å². The average Bonchev–Trinajstić information content (AvgIpc) is 2.65. The van der Waals surface area contributed by atoms with Crippen molar-refractivity contribution in [3.63, 3.8) is 0 Å². The summed E-state index contributed by atoms with van der Waals surface area (Å²) in [6.45, 7) is 1.78. The largest absolute Gasteiger partial charge is 0.339 e. The predicted octanol–water partition coefficient (Wildman–Crippen LogP) is 2.94. The Labute approximate surface area is 90.3 Å². The van der Waals surface area contributed by atoms with Gasteiger partial charge >= 0.3 is 0 Å². The van der Waals surface area contributed by atoms with Crippen LogP contribution in [-0.4, -0.2) is 10.1 Å². The third kappa shape index (κ3) is 1.85. The third-order valence-electron chi connectivity index (χ3n) is 1.87. The molecule has 0 aliphatic carbocycles. The predicted molar refractivity (Wildman–Crippen MR) is 57.1 cm³/mol. The van der Waals surface area contributed by atoms with Crippen molar-refractivity contribution < 1.29 is 4.52 Å². The number of nitrogens with zero attached hydrogens (tertiary/aromatic N) is 2. The fraction of sp³-hybridized carbons (Fsp3) is 0.200. The molecule has 0 spiro atoms. The molecule has 0 aliphatic rings. The molecular weight excluding hydrogens is 244 g/mol. The molecule has 0 unspecified atom stereocenters. The molecule has 1 aromatic heterocycles. The summed E-state index contributed by atoms with van der Waals surface area (Å²) in [7, 11) is 0. The van der Waals surface area contributed by atoms with Gasteiger partial charge in [0.05, 0.1) is 0 Å². The van der Waals surface area contributed by atoms with E-state index in [0.717, 1.165) is 10.9 Å². The molecule has 3 nitrogen and oxygen atoms in total. The first-order valence-corrected chi connectivity index (χ1v) is 5.37. The van der Waals surface area contributed by atoms with Crippen LogP contribution in [0.1, 0.15) is 11.5 Å². The maximum absolute atomic E-state index is 4.92. The van der Waals surface area contributed by atoms with Crippen molar-refractivity contribution in [2.24, 2.45) is 0 Å². The highest BCUT2D eigenvalue weighted by atomic mass is 79.9. The molecule has 0 atom stereocenters. The van der Waals surface area contributed by atoms with Gasteiger partial charge in [0.15, 0.2) is 0 Å². The van der Waals surface area contributed by atoms with Crippen LogP contribution in [-0.2, 0) is 5.33 Å². The summed E-state index contributed by atoms with van der Waals surface area (Å²) >= 11 is 3.41. The molecule has 0 saturated carbocycles. The van der Waals surface area contributed by atoms with E-state index in [-0.39, 0.29) is 0 Å². The molecule has 0 aliphatic heterocycles. The normalized spacial score (nSPS) is 10.4. The topological polar surface area (TPSA) is 38.9 Å². The van der Waals surface area contributed by atoms with Crippen molar-refractivity contribution in [3.8, 4) is 11.4 Å². The van der Waals surface area contributed by atoms with Gasteiger partial charge in [0.1, 0.15) is 0 Å². The second-order valence-corrected chi connectivity index (χ2v) is 3.53. The zero-order valence-electron chi connectivity index (χ0n) is 7.70. The average molecular weight is 253 g/mol. The van der Waals surface area contributed by atoms with Crippen molar-refractivity contribution in [3.05, 3.63) is 35.7 Å². The zero-order chi connectivity index (χ0) is 9.97. The van der Waals surface area contributed by atoms with Crippen molar-refractivity contribution in [1.82, 2.24) is 10.1 Å². The Morgan fingerprint density at radius 1 is 1.43 bits per heavy atom. The van der Waals surface area contributed by atoms with Crippen LogP contribution >= 0.6 is 15.9 Å². The highest BCUT2D eigenvalue weighted by Crippen LogP contribution is 2.18. The Morgan fingerprint density at radius 2 is 2.29 bits per heavy atom. The standard InChI is InChI=1S/C10H9BrN2O/c1-7-12-10(13-14-7)9-4-2-3-8(5-9)6-11/h2-5H,6H2,1H3. The summed E-state index contributed by atoms with van der Waals surface area (Å²) in [5, 5.41) is 4.69. The van der Waals surface area contributed by atoms with Gasteiger partial charge < -0.3 is 4.52 Å². The minimum absolute atomic E-state index is 0.587. The number of benzene rings is 1. The fourth-order valence-electron chi connectivity index (χ4n) is 1.21. The van der Waals surface area contributed by atoms with Gasteiger partial charge in [-0.1, -0.05) is 39.3 Å². The lowest BCUT2D eigenvalue weighted by molar-refractivity contribution is 0.394. The lowest BCUT2D eigenvalue weighted by Gasteiger charge is -1.97. The molecule has 0 radical (unpaired) electrons. The summed E-state index contributed by atoms with van der Waals surface area (Å²) in [6, 6.07) is 8.04. The molecule has 1 aromatic carbocycles. The van der Waals surface area contributed by atoms with E-state index >= 15 is 0 Å². The molecular formula is C10H9BrN2O. The first-order valence-electron chi connectivity index (χ1n) is 4.25. The molecule has 72 valence electrons. The molecule has 4 heteroatoms. The summed E-state index contributed by atoms with van der Waals surface area (Å²) in [5.41, 5.74) is 2.18. The second-order valence-electron chi connectivity index (χ2n) is 2.97. The van der Waals surface area contributed by atoms with Crippen LogP contribution in [0.15, 0.2) is 28.8 Å². The Kier molecular flexibility index (Phi) is 2.63. The van der Waals surface area contributed by atoms with Gasteiger partial charge in [-0.2, -0.15) is 4.98 Å². The first kappa shape index (κ1) is 9.40. The van der Waals surface area contributed by atoms with Gasteiger partial charge in [-0.05, 0) is 11.6 Å². The first-order chi connectivity index (χ1) is 6.79. The molecule has 0 N–H and O–H groups in total. The van der Waals surface area contributed by atoms with E-state index in [2.05, 4.69) is 26.1 Å². The Hall–Kier alpha value is -1.16. The van der Waals surface area contributed by atoms with E-state index < -0.39 is 0 Å². The molecule has 0 amide bonds. The Bertz CT molecular complexity index is 439. The number of alkyl halides is 1. The number of aryl methyl sites for hydroxylation is 1. The van der Waals surface area contributed by atoms with Crippen LogP contribution in [0.25, 0.3) is 11.4 Å². The lowest BCUT2D eigenvalue weighted by Crippen LogP contribution is -1.83. The fourth-order valence-corrected chi connectivity index (χ4v) is 1.56. The van der Waals surface area contributed by atoms with Gasteiger partial charge in [0.25, 0.3) is 0 Å². The van der Waals surface area contributed by atoms with Gasteiger partial charge in [0.2, 0.25) is 11.7 Å². The van der Waals surface area contributed by atoms with Crippen molar-refractivity contribution in [1.29, 1.82) is 0 Å². The smallest absolute Gasteiger partial charge is 0.223 e. The van der Waals surface area contributed by atoms with E-state index in [9.17, 15) is 0 Å². The van der Waals surface area contributed by atoms with Crippen LogP contribution in [0, 0.1) is 6.92 Å². The second kappa shape index (κ2) is 3.92. The van der Waals surface area contributed by atoms with Crippen LogP contribution in [0.2, 0.25) is 0 Å². The molecule has 0 bridgehead atoms. The van der Waals surface area contributed by atoms with Crippen LogP contribution in [0.3, 0.4) is 0 Å². The molecule has 2 aromatic rings. The number of halogens is 1. The van der Waals surface area contributed by atoms with Gasteiger partial charge in [-0.15, -0.1) is 0 Å². The van der Waals surface area contributed by atoms with Crippen molar-refractivity contribution in [2.75, 3.05) is 0 Å². The van der Waals surface area contributed by atoms with Gasteiger partial charge in [0, 0.05) is 17.8 Å². The monoisotopic (exact) mass is 252 g/mol. The van der Waals surface area contributed by atoms with E-state index in [4.69, 9.17) is 4.52 Å². The van der Waals surface area contributed by atoms with Gasteiger partial charge in [-0.3, -0.25) is 0 Å². The van der Waals surface area contributed by atoms with E-state index in [1.54, 1.807) is 6.92 Å². The SMILES string of the molecule is Cc1nc(-c2cccc(CBr)c2)no1. The number of aromatic nitrogens is 2. The molecule has 2 rings (SSSR count). The summed E-state index contributed by atoms with van der Waals surface area (Å²) in [6.07, 6.45) is 0. The summed E-state index contributed by atoms with van der Waals surface area (Å²) in [4.78, 5) is 4.16. The van der Waals surface area contributed by atoms with Crippen molar-refractivity contribution in [2.45, 2.75) is 12.3 Å². The minimum atomic E-state index is 0.587. The minimum Gasteiger partial charge on any atom is -0.339 e. The summed E-state index contributed by atoms with van der Waals surface area (Å²) < 4.78 is 4.92. The Morgan fingerprint density at radius 3 is 2.93 bits per heavy atom. The van der Waals surface area contributed by atoms with E-state index in [1.165, 1.54) is 5.56 Å². The van der Waals surface area contributed by atoms with Crippen LogP contribution in [0.4, 0.5) is 0 Å². The van der Waals surface area contributed by atoms with Crippen molar-refractivity contribution >= 4 is 15.9 Å².